The van der Waals surface area contributed by atoms with Gasteiger partial charge in [-0.15, -0.1) is 0 Å². The van der Waals surface area contributed by atoms with E-state index in [1.54, 1.807) is 25.1 Å². The summed E-state index contributed by atoms with van der Waals surface area (Å²) in [5, 5.41) is 2.78. The molecule has 1 amide bonds. The number of hydrogen-bond acceptors (Lipinski definition) is 5. The van der Waals surface area contributed by atoms with E-state index in [-0.39, 0.29) is 12.5 Å². The molecule has 0 spiro atoms. The molecule has 108 valence electrons. The molecule has 1 aromatic rings. The van der Waals surface area contributed by atoms with Crippen molar-refractivity contribution in [3.05, 3.63) is 29.3 Å². The number of hydrogen-bond donors (Lipinski definition) is 2. The van der Waals surface area contributed by atoms with E-state index in [2.05, 4.69) is 10.1 Å². The van der Waals surface area contributed by atoms with Gasteiger partial charge in [-0.25, -0.2) is 4.79 Å². The van der Waals surface area contributed by atoms with Crippen molar-refractivity contribution in [3.63, 3.8) is 0 Å². The monoisotopic (exact) mass is 278 g/mol. The van der Waals surface area contributed by atoms with Crippen LogP contribution in [-0.2, 0) is 14.3 Å². The number of aryl methyl sites for hydroxylation is 1. The normalized spacial score (nSPS) is 21.6. The summed E-state index contributed by atoms with van der Waals surface area (Å²) in [4.78, 5) is 23.6. The summed E-state index contributed by atoms with van der Waals surface area (Å²) < 4.78 is 9.81. The lowest BCUT2D eigenvalue weighted by atomic mass is 9.99. The largest absolute Gasteiger partial charge is 0.465 e. The average Bonchev–Trinajstić information content (AvgIpc) is 2.88. The van der Waals surface area contributed by atoms with Crippen molar-refractivity contribution in [2.45, 2.75) is 18.9 Å². The van der Waals surface area contributed by atoms with Crippen molar-refractivity contribution < 1.29 is 19.1 Å². The lowest BCUT2D eigenvalue weighted by Crippen LogP contribution is -2.51. The number of amides is 1. The first-order valence-electron chi connectivity index (χ1n) is 6.33. The molecule has 1 aliphatic heterocycles. The highest BCUT2D eigenvalue weighted by atomic mass is 16.5. The highest BCUT2D eigenvalue weighted by Crippen LogP contribution is 2.21. The SMILES string of the molecule is COC(=O)c1ccc(NC(=O)C2(N)CCOC2)c(C)c1. The highest BCUT2D eigenvalue weighted by Gasteiger charge is 2.38. The second kappa shape index (κ2) is 5.60. The number of carbonyl (C=O) groups is 2. The van der Waals surface area contributed by atoms with Crippen LogP contribution in [0.2, 0.25) is 0 Å². The molecule has 20 heavy (non-hydrogen) atoms. The van der Waals surface area contributed by atoms with Gasteiger partial charge in [-0.2, -0.15) is 0 Å². The third kappa shape index (κ3) is 2.81. The van der Waals surface area contributed by atoms with Gasteiger partial charge in [0.15, 0.2) is 0 Å². The van der Waals surface area contributed by atoms with E-state index in [4.69, 9.17) is 10.5 Å². The molecule has 1 heterocycles. The van der Waals surface area contributed by atoms with Crippen molar-refractivity contribution in [1.82, 2.24) is 0 Å². The van der Waals surface area contributed by atoms with Gasteiger partial charge >= 0.3 is 5.97 Å². The van der Waals surface area contributed by atoms with E-state index in [0.717, 1.165) is 5.56 Å². The Balaban J connectivity index is 2.14. The number of methoxy groups -OCH3 is 1. The fraction of sp³-hybridized carbons (Fsp3) is 0.429. The summed E-state index contributed by atoms with van der Waals surface area (Å²) in [6.45, 7) is 2.51. The van der Waals surface area contributed by atoms with Crippen LogP contribution in [0.4, 0.5) is 5.69 Å². The van der Waals surface area contributed by atoms with Crippen LogP contribution >= 0.6 is 0 Å². The molecule has 1 aliphatic rings. The molecule has 3 N–H and O–H groups in total. The van der Waals surface area contributed by atoms with Gasteiger partial charge in [-0.1, -0.05) is 0 Å². The van der Waals surface area contributed by atoms with E-state index in [1.807, 2.05) is 0 Å². The number of anilines is 1. The number of benzene rings is 1. The van der Waals surface area contributed by atoms with Gasteiger partial charge in [0.25, 0.3) is 0 Å². The van der Waals surface area contributed by atoms with Gasteiger partial charge in [0.2, 0.25) is 5.91 Å². The Morgan fingerprint density at radius 3 is 2.75 bits per heavy atom. The molecule has 1 saturated heterocycles. The van der Waals surface area contributed by atoms with Crippen LogP contribution in [0.15, 0.2) is 18.2 Å². The standard InChI is InChI=1S/C14H18N2O4/c1-9-7-10(12(17)19-2)3-4-11(9)16-13(18)14(15)5-6-20-8-14/h3-4,7H,5-6,8,15H2,1-2H3,(H,16,18). The van der Waals surface area contributed by atoms with Crippen LogP contribution in [0.3, 0.4) is 0 Å². The minimum absolute atomic E-state index is 0.220. The summed E-state index contributed by atoms with van der Waals surface area (Å²) in [5.74, 6) is -0.686. The number of esters is 1. The van der Waals surface area contributed by atoms with Crippen LogP contribution in [0.25, 0.3) is 0 Å². The van der Waals surface area contributed by atoms with Crippen molar-refractivity contribution >= 4 is 17.6 Å². The van der Waals surface area contributed by atoms with Crippen molar-refractivity contribution in [2.24, 2.45) is 5.73 Å². The lowest BCUT2D eigenvalue weighted by Gasteiger charge is -2.21. The van der Waals surface area contributed by atoms with Gasteiger partial charge in [0.1, 0.15) is 5.54 Å². The maximum Gasteiger partial charge on any atom is 0.337 e. The third-order valence-corrected chi connectivity index (χ3v) is 3.40. The molecule has 1 fully saturated rings. The van der Waals surface area contributed by atoms with E-state index in [0.29, 0.717) is 24.3 Å². The first kappa shape index (κ1) is 14.5. The zero-order chi connectivity index (χ0) is 14.8. The summed E-state index contributed by atoms with van der Waals surface area (Å²) in [7, 11) is 1.33. The molecule has 2 rings (SSSR count). The first-order valence-corrected chi connectivity index (χ1v) is 6.33. The highest BCUT2D eigenvalue weighted by molar-refractivity contribution is 5.99. The maximum absolute atomic E-state index is 12.2. The fourth-order valence-electron chi connectivity index (χ4n) is 2.06. The summed E-state index contributed by atoms with van der Waals surface area (Å²) >= 11 is 0. The lowest BCUT2D eigenvalue weighted by molar-refractivity contribution is -0.121. The Hall–Kier alpha value is -1.92. The van der Waals surface area contributed by atoms with E-state index >= 15 is 0 Å². The van der Waals surface area contributed by atoms with E-state index < -0.39 is 11.5 Å². The molecule has 1 aromatic carbocycles. The molecule has 0 saturated carbocycles. The summed E-state index contributed by atoms with van der Waals surface area (Å²) in [6, 6.07) is 4.93. The molecule has 1 unspecified atom stereocenters. The van der Waals surface area contributed by atoms with Crippen molar-refractivity contribution in [3.8, 4) is 0 Å². The molecule has 6 nitrogen and oxygen atoms in total. The Morgan fingerprint density at radius 1 is 1.45 bits per heavy atom. The topological polar surface area (TPSA) is 90.7 Å². The van der Waals surface area contributed by atoms with Gasteiger partial charge in [0, 0.05) is 12.3 Å². The second-order valence-corrected chi connectivity index (χ2v) is 4.93. The predicted octanol–water partition coefficient (Wildman–Crippen LogP) is 0.838. The first-order chi connectivity index (χ1) is 9.46. The summed E-state index contributed by atoms with van der Waals surface area (Å²) in [5.41, 5.74) is 6.84. The van der Waals surface area contributed by atoms with E-state index in [1.165, 1.54) is 7.11 Å². The fourth-order valence-corrected chi connectivity index (χ4v) is 2.06. The van der Waals surface area contributed by atoms with Crippen LogP contribution < -0.4 is 11.1 Å². The molecule has 0 aromatic heterocycles. The Kier molecular flexibility index (Phi) is 4.06. The van der Waals surface area contributed by atoms with Crippen LogP contribution in [0, 0.1) is 6.92 Å². The minimum Gasteiger partial charge on any atom is -0.465 e. The van der Waals surface area contributed by atoms with Gasteiger partial charge in [-0.05, 0) is 37.1 Å². The quantitative estimate of drug-likeness (QED) is 0.799. The molecule has 6 heteroatoms. The molecule has 0 aliphatic carbocycles. The Bertz CT molecular complexity index is 536. The van der Waals surface area contributed by atoms with Crippen LogP contribution in [0.5, 0.6) is 0 Å². The summed E-state index contributed by atoms with van der Waals surface area (Å²) in [6.07, 6.45) is 0.498. The van der Waals surface area contributed by atoms with Gasteiger partial charge in [-0.3, -0.25) is 4.79 Å². The number of rotatable bonds is 3. The molecule has 0 radical (unpaired) electrons. The predicted molar refractivity (Wildman–Crippen MR) is 73.5 cm³/mol. The maximum atomic E-state index is 12.2. The molecule has 1 atom stereocenters. The minimum atomic E-state index is -0.979. The average molecular weight is 278 g/mol. The molecular formula is C14H18N2O4. The zero-order valence-corrected chi connectivity index (χ0v) is 11.6. The van der Waals surface area contributed by atoms with Crippen LogP contribution in [-0.4, -0.2) is 37.7 Å². The molecular weight excluding hydrogens is 260 g/mol. The number of nitrogens with two attached hydrogens (primary N) is 1. The van der Waals surface area contributed by atoms with Crippen molar-refractivity contribution in [2.75, 3.05) is 25.6 Å². The third-order valence-electron chi connectivity index (χ3n) is 3.40. The van der Waals surface area contributed by atoms with Crippen LogP contribution in [0.1, 0.15) is 22.3 Å². The smallest absolute Gasteiger partial charge is 0.337 e. The number of nitrogens with one attached hydrogen (secondary N) is 1. The Morgan fingerprint density at radius 2 is 2.20 bits per heavy atom. The number of ether oxygens (including phenoxy) is 2. The van der Waals surface area contributed by atoms with E-state index in [9.17, 15) is 9.59 Å². The van der Waals surface area contributed by atoms with Gasteiger partial charge < -0.3 is 20.5 Å². The zero-order valence-electron chi connectivity index (χ0n) is 11.6. The molecule has 0 bridgehead atoms. The number of carbonyl (C=O) groups excluding carboxylic acids is 2. The van der Waals surface area contributed by atoms with Crippen molar-refractivity contribution in [1.29, 1.82) is 0 Å². The Labute approximate surface area is 117 Å². The van der Waals surface area contributed by atoms with Gasteiger partial charge in [0.05, 0.1) is 19.3 Å². The second-order valence-electron chi connectivity index (χ2n) is 4.93.